The van der Waals surface area contributed by atoms with Gasteiger partial charge in [-0.05, 0) is 57.1 Å². The second-order valence-electron chi connectivity index (χ2n) is 6.73. The number of nitrogens with zero attached hydrogens (tertiary/aromatic N) is 2. The maximum absolute atomic E-state index is 12.3. The Kier molecular flexibility index (Phi) is 6.58. The lowest BCUT2D eigenvalue weighted by Gasteiger charge is -2.21. The third-order valence-corrected chi connectivity index (χ3v) is 4.31. The molecular formula is C20H27N3O3. The summed E-state index contributed by atoms with van der Waals surface area (Å²) in [7, 11) is 3.48. The highest BCUT2D eigenvalue weighted by Crippen LogP contribution is 2.17. The van der Waals surface area contributed by atoms with Crippen LogP contribution in [0, 0.1) is 20.8 Å². The topological polar surface area (TPSA) is 65.8 Å². The van der Waals surface area contributed by atoms with E-state index in [0.29, 0.717) is 6.54 Å². The van der Waals surface area contributed by atoms with E-state index in [9.17, 15) is 9.59 Å². The van der Waals surface area contributed by atoms with E-state index in [1.54, 1.807) is 23.9 Å². The summed E-state index contributed by atoms with van der Waals surface area (Å²) in [6.07, 6.45) is 0. The van der Waals surface area contributed by atoms with Crippen LogP contribution in [-0.2, 0) is 16.1 Å². The molecule has 2 rings (SSSR count). The van der Waals surface area contributed by atoms with Gasteiger partial charge < -0.3 is 14.6 Å². The lowest BCUT2D eigenvalue weighted by molar-refractivity contribution is -0.131. The van der Waals surface area contributed by atoms with Gasteiger partial charge in [0.1, 0.15) is 11.5 Å². The van der Waals surface area contributed by atoms with Crippen LogP contribution in [0.1, 0.15) is 22.6 Å². The second-order valence-corrected chi connectivity index (χ2v) is 6.73. The Morgan fingerprint density at radius 3 is 2.42 bits per heavy atom. The van der Waals surface area contributed by atoms with Gasteiger partial charge >= 0.3 is 0 Å². The molecule has 0 aliphatic heterocycles. The van der Waals surface area contributed by atoms with Gasteiger partial charge in [0, 0.05) is 12.7 Å². The first-order valence-electron chi connectivity index (χ1n) is 8.60. The zero-order chi connectivity index (χ0) is 19.3. The number of carbonyl (C=O) groups is 2. The molecule has 0 aliphatic carbocycles. The molecular weight excluding hydrogens is 330 g/mol. The Labute approximate surface area is 154 Å². The lowest BCUT2D eigenvalue weighted by Crippen LogP contribution is -2.39. The minimum absolute atomic E-state index is 0.0684. The number of carbonyl (C=O) groups excluding carboxylic acids is 2. The van der Waals surface area contributed by atoms with Crippen molar-refractivity contribution in [3.63, 3.8) is 0 Å². The van der Waals surface area contributed by atoms with E-state index in [2.05, 4.69) is 5.32 Å². The summed E-state index contributed by atoms with van der Waals surface area (Å²) in [6, 6.07) is 9.53. The lowest BCUT2D eigenvalue weighted by atomic mass is 10.1. The monoisotopic (exact) mass is 357 g/mol. The molecule has 0 saturated carbocycles. The van der Waals surface area contributed by atoms with Gasteiger partial charge in [0.15, 0.2) is 0 Å². The highest BCUT2D eigenvalue weighted by Gasteiger charge is 2.16. The Balaban J connectivity index is 1.83. The van der Waals surface area contributed by atoms with Crippen LogP contribution in [0.3, 0.4) is 0 Å². The van der Waals surface area contributed by atoms with Crippen LogP contribution >= 0.6 is 0 Å². The molecule has 140 valence electrons. The van der Waals surface area contributed by atoms with Crippen molar-refractivity contribution in [1.82, 2.24) is 9.80 Å². The Morgan fingerprint density at radius 2 is 1.77 bits per heavy atom. The molecule has 0 spiro atoms. The summed E-state index contributed by atoms with van der Waals surface area (Å²) in [5.41, 5.74) is 2.98. The molecule has 1 heterocycles. The molecule has 1 N–H and O–H groups in total. The highest BCUT2D eigenvalue weighted by molar-refractivity contribution is 5.93. The Morgan fingerprint density at radius 1 is 1.04 bits per heavy atom. The van der Waals surface area contributed by atoms with Gasteiger partial charge in [0.25, 0.3) is 0 Å². The predicted molar refractivity (Wildman–Crippen MR) is 102 cm³/mol. The van der Waals surface area contributed by atoms with E-state index in [1.165, 1.54) is 0 Å². The molecule has 2 amide bonds. The van der Waals surface area contributed by atoms with Crippen LogP contribution in [0.4, 0.5) is 5.69 Å². The number of hydrogen-bond acceptors (Lipinski definition) is 4. The molecule has 2 aromatic rings. The van der Waals surface area contributed by atoms with Crippen molar-refractivity contribution in [1.29, 1.82) is 0 Å². The molecule has 1 aromatic carbocycles. The molecule has 0 atom stereocenters. The molecule has 6 nitrogen and oxygen atoms in total. The van der Waals surface area contributed by atoms with E-state index < -0.39 is 0 Å². The number of amides is 2. The number of aryl methyl sites for hydroxylation is 2. The number of likely N-dealkylation sites (N-methyl/N-ethyl adjacent to an activating group) is 2. The van der Waals surface area contributed by atoms with Gasteiger partial charge in [0.2, 0.25) is 11.8 Å². The van der Waals surface area contributed by atoms with Crippen molar-refractivity contribution < 1.29 is 14.0 Å². The standard InChI is InChI=1S/C20H27N3O3/c1-14-7-6-8-18(16(14)3)21-19(24)12-22(4)13-20(25)23(5)11-17-10-9-15(2)26-17/h6-10H,11-13H2,1-5H3,(H,21,24). The quantitative estimate of drug-likeness (QED) is 0.827. The van der Waals surface area contributed by atoms with Crippen LogP contribution in [0.25, 0.3) is 0 Å². The van der Waals surface area contributed by atoms with Gasteiger partial charge in [-0.25, -0.2) is 0 Å². The van der Waals surface area contributed by atoms with Crippen molar-refractivity contribution >= 4 is 17.5 Å². The number of rotatable bonds is 7. The van der Waals surface area contributed by atoms with Gasteiger partial charge in [0.05, 0.1) is 19.6 Å². The van der Waals surface area contributed by atoms with Gasteiger partial charge in [-0.2, -0.15) is 0 Å². The average Bonchev–Trinajstić information content (AvgIpc) is 2.96. The Hall–Kier alpha value is -2.60. The zero-order valence-electron chi connectivity index (χ0n) is 16.1. The van der Waals surface area contributed by atoms with Crippen molar-refractivity contribution in [2.45, 2.75) is 27.3 Å². The maximum Gasteiger partial charge on any atom is 0.238 e. The molecule has 0 unspecified atom stereocenters. The van der Waals surface area contributed by atoms with E-state index >= 15 is 0 Å². The molecule has 0 fully saturated rings. The van der Waals surface area contributed by atoms with E-state index in [4.69, 9.17) is 4.42 Å². The molecule has 0 bridgehead atoms. The van der Waals surface area contributed by atoms with Gasteiger partial charge in [-0.3, -0.25) is 14.5 Å². The van der Waals surface area contributed by atoms with Crippen molar-refractivity contribution in [2.75, 3.05) is 32.5 Å². The Bertz CT molecular complexity index is 782. The summed E-state index contributed by atoms with van der Waals surface area (Å²) >= 11 is 0. The first-order chi connectivity index (χ1) is 12.3. The fourth-order valence-electron chi connectivity index (χ4n) is 2.62. The molecule has 1 aromatic heterocycles. The fourth-order valence-corrected chi connectivity index (χ4v) is 2.62. The van der Waals surface area contributed by atoms with Crippen LogP contribution in [0.5, 0.6) is 0 Å². The summed E-state index contributed by atoms with van der Waals surface area (Å²) in [5.74, 6) is 1.36. The minimum atomic E-state index is -0.140. The molecule has 0 radical (unpaired) electrons. The SMILES string of the molecule is Cc1ccc(CN(C)C(=O)CN(C)CC(=O)Nc2cccc(C)c2C)o1. The van der Waals surface area contributed by atoms with Crippen molar-refractivity contribution in [3.8, 4) is 0 Å². The molecule has 0 saturated heterocycles. The number of benzene rings is 1. The molecule has 26 heavy (non-hydrogen) atoms. The van der Waals surface area contributed by atoms with E-state index in [1.807, 2.05) is 51.1 Å². The van der Waals surface area contributed by atoms with Crippen LogP contribution < -0.4 is 5.32 Å². The number of furan rings is 1. The third kappa shape index (κ3) is 5.46. The summed E-state index contributed by atoms with van der Waals surface area (Å²) < 4.78 is 5.49. The third-order valence-electron chi connectivity index (χ3n) is 4.31. The normalized spacial score (nSPS) is 10.8. The van der Waals surface area contributed by atoms with Crippen LogP contribution in [0.15, 0.2) is 34.7 Å². The summed E-state index contributed by atoms with van der Waals surface area (Å²) in [5, 5.41) is 2.91. The highest BCUT2D eigenvalue weighted by atomic mass is 16.3. The molecule has 0 aliphatic rings. The van der Waals surface area contributed by atoms with Crippen LogP contribution in [0.2, 0.25) is 0 Å². The van der Waals surface area contributed by atoms with Gasteiger partial charge in [-0.15, -0.1) is 0 Å². The van der Waals surface area contributed by atoms with Gasteiger partial charge in [-0.1, -0.05) is 12.1 Å². The van der Waals surface area contributed by atoms with E-state index in [0.717, 1.165) is 28.3 Å². The van der Waals surface area contributed by atoms with Crippen molar-refractivity contribution in [2.24, 2.45) is 0 Å². The number of hydrogen-bond donors (Lipinski definition) is 1. The summed E-state index contributed by atoms with van der Waals surface area (Å²) in [6.45, 7) is 6.57. The first-order valence-corrected chi connectivity index (χ1v) is 8.60. The second kappa shape index (κ2) is 8.67. The fraction of sp³-hybridized carbons (Fsp3) is 0.400. The first kappa shape index (κ1) is 19.7. The zero-order valence-corrected chi connectivity index (χ0v) is 16.1. The smallest absolute Gasteiger partial charge is 0.238 e. The average molecular weight is 357 g/mol. The maximum atomic E-state index is 12.3. The van der Waals surface area contributed by atoms with Crippen LogP contribution in [-0.4, -0.2) is 48.8 Å². The summed E-state index contributed by atoms with van der Waals surface area (Å²) in [4.78, 5) is 27.8. The minimum Gasteiger partial charge on any atom is -0.464 e. The number of anilines is 1. The van der Waals surface area contributed by atoms with Crippen molar-refractivity contribution in [3.05, 3.63) is 53.0 Å². The number of nitrogens with one attached hydrogen (secondary N) is 1. The van der Waals surface area contributed by atoms with E-state index in [-0.39, 0.29) is 24.9 Å². The largest absolute Gasteiger partial charge is 0.464 e. The molecule has 6 heteroatoms. The predicted octanol–water partition coefficient (Wildman–Crippen LogP) is 2.73.